The minimum absolute atomic E-state index is 0.262. The second kappa shape index (κ2) is 7.59. The average Bonchev–Trinajstić information content (AvgIpc) is 3.30. The largest absolute Gasteiger partial charge is 0.416 e. The van der Waals surface area contributed by atoms with E-state index in [4.69, 9.17) is 0 Å². The first-order chi connectivity index (χ1) is 14.2. The Hall–Kier alpha value is -3.16. The average molecular weight is 418 g/mol. The summed E-state index contributed by atoms with van der Waals surface area (Å²) in [6.07, 6.45) is 1.87. The summed E-state index contributed by atoms with van der Waals surface area (Å²) in [7, 11) is 0. The molecule has 0 saturated heterocycles. The molecule has 0 aromatic heterocycles. The molecule has 1 atom stereocenters. The lowest BCUT2D eigenvalue weighted by molar-refractivity contribution is -0.137. The lowest BCUT2D eigenvalue weighted by Gasteiger charge is -2.19. The van der Waals surface area contributed by atoms with Crippen molar-refractivity contribution < 1.29 is 27.2 Å². The number of fused-ring (bicyclic) bond motifs is 1. The van der Waals surface area contributed by atoms with Crippen LogP contribution in [0.5, 0.6) is 0 Å². The normalized spacial score (nSPS) is 18.4. The lowest BCUT2D eigenvalue weighted by Crippen LogP contribution is -2.21. The van der Waals surface area contributed by atoms with Crippen LogP contribution in [0.2, 0.25) is 0 Å². The molecule has 30 heavy (non-hydrogen) atoms. The Morgan fingerprint density at radius 2 is 1.87 bits per heavy atom. The molecule has 1 unspecified atom stereocenters. The third kappa shape index (κ3) is 3.94. The van der Waals surface area contributed by atoms with Crippen molar-refractivity contribution in [1.29, 1.82) is 0 Å². The van der Waals surface area contributed by atoms with E-state index in [0.29, 0.717) is 41.3 Å². The Morgan fingerprint density at radius 1 is 1.13 bits per heavy atom. The molecule has 4 nitrogen and oxygen atoms in total. The number of allylic oxidation sites excluding steroid dienone is 2. The Balaban J connectivity index is 1.62. The molecule has 0 radical (unpaired) electrons. The summed E-state index contributed by atoms with van der Waals surface area (Å²) in [6.45, 7) is 0. The maximum Gasteiger partial charge on any atom is 0.416 e. The van der Waals surface area contributed by atoms with Crippen molar-refractivity contribution in [2.75, 3.05) is 5.32 Å². The van der Waals surface area contributed by atoms with Crippen LogP contribution in [0.1, 0.15) is 57.1 Å². The molecule has 1 aliphatic carbocycles. The highest BCUT2D eigenvalue weighted by Gasteiger charge is 2.34. The van der Waals surface area contributed by atoms with Crippen molar-refractivity contribution in [3.63, 3.8) is 0 Å². The lowest BCUT2D eigenvalue weighted by atomic mass is 9.92. The van der Waals surface area contributed by atoms with Gasteiger partial charge in [0, 0.05) is 22.4 Å². The standard InChI is InChI=1S/C22H18F4N2O2/c23-15-10-13(9-14(11-15)22(24,25)26)20(29)27-17-7-3-6-16-19(17)18(28-21(16)30)8-12-4-1-2-5-12/h1-3,6-7,9-12,18H,4-5,8H2,(H,27,29)(H,28,30). The summed E-state index contributed by atoms with van der Waals surface area (Å²) in [6, 6.07) is 6.18. The van der Waals surface area contributed by atoms with E-state index in [1.165, 1.54) is 0 Å². The first kappa shape index (κ1) is 20.1. The van der Waals surface area contributed by atoms with Crippen LogP contribution in [0.3, 0.4) is 0 Å². The molecule has 1 heterocycles. The predicted octanol–water partition coefficient (Wildman–Crippen LogP) is 5.24. The van der Waals surface area contributed by atoms with E-state index in [9.17, 15) is 27.2 Å². The summed E-state index contributed by atoms with van der Waals surface area (Å²) in [5.74, 6) is -1.93. The van der Waals surface area contributed by atoms with E-state index in [1.54, 1.807) is 18.2 Å². The minimum Gasteiger partial charge on any atom is -0.345 e. The van der Waals surface area contributed by atoms with Crippen molar-refractivity contribution in [2.45, 2.75) is 31.5 Å². The Bertz CT molecular complexity index is 1040. The molecule has 8 heteroatoms. The molecule has 0 spiro atoms. The number of benzene rings is 2. The predicted molar refractivity (Wildman–Crippen MR) is 102 cm³/mol. The fourth-order valence-corrected chi connectivity index (χ4v) is 4.01. The zero-order valence-corrected chi connectivity index (χ0v) is 15.7. The SMILES string of the molecule is O=C(Nc1cccc2c1C(CC1CC=CC1)NC2=O)c1cc(F)cc(C(F)(F)F)c1. The van der Waals surface area contributed by atoms with Crippen LogP contribution in [-0.4, -0.2) is 11.8 Å². The highest BCUT2D eigenvalue weighted by molar-refractivity contribution is 6.07. The van der Waals surface area contributed by atoms with Gasteiger partial charge in [0.1, 0.15) is 5.82 Å². The van der Waals surface area contributed by atoms with E-state index in [2.05, 4.69) is 22.8 Å². The third-order valence-corrected chi connectivity index (χ3v) is 5.41. The van der Waals surface area contributed by atoms with Gasteiger partial charge in [0.2, 0.25) is 0 Å². The topological polar surface area (TPSA) is 58.2 Å². The van der Waals surface area contributed by atoms with Crippen LogP contribution < -0.4 is 10.6 Å². The molecule has 1 aliphatic heterocycles. The molecule has 4 rings (SSSR count). The summed E-state index contributed by atoms with van der Waals surface area (Å²) in [4.78, 5) is 25.0. The molecule has 2 N–H and O–H groups in total. The van der Waals surface area contributed by atoms with Crippen molar-refractivity contribution in [2.24, 2.45) is 5.92 Å². The van der Waals surface area contributed by atoms with Crippen LogP contribution in [0.4, 0.5) is 23.2 Å². The van der Waals surface area contributed by atoms with Gasteiger partial charge in [-0.25, -0.2) is 4.39 Å². The number of alkyl halides is 3. The van der Waals surface area contributed by atoms with E-state index in [1.807, 2.05) is 0 Å². The fraction of sp³-hybridized carbons (Fsp3) is 0.273. The van der Waals surface area contributed by atoms with E-state index >= 15 is 0 Å². The number of hydrogen-bond donors (Lipinski definition) is 2. The van der Waals surface area contributed by atoms with Gasteiger partial charge in [-0.3, -0.25) is 9.59 Å². The van der Waals surface area contributed by atoms with Gasteiger partial charge in [0.05, 0.1) is 11.6 Å². The maximum atomic E-state index is 13.7. The second-order valence-electron chi connectivity index (χ2n) is 7.52. The van der Waals surface area contributed by atoms with E-state index < -0.39 is 29.0 Å². The van der Waals surface area contributed by atoms with Gasteiger partial charge in [0.15, 0.2) is 0 Å². The molecule has 0 bridgehead atoms. The van der Waals surface area contributed by atoms with E-state index in [-0.39, 0.29) is 11.9 Å². The smallest absolute Gasteiger partial charge is 0.345 e. The molecule has 2 amide bonds. The van der Waals surface area contributed by atoms with Crippen molar-refractivity contribution in [3.8, 4) is 0 Å². The number of carbonyl (C=O) groups is 2. The number of nitrogens with one attached hydrogen (secondary N) is 2. The molecular weight excluding hydrogens is 400 g/mol. The van der Waals surface area contributed by atoms with Crippen molar-refractivity contribution in [3.05, 3.63) is 76.6 Å². The first-order valence-electron chi connectivity index (χ1n) is 9.50. The van der Waals surface area contributed by atoms with Crippen LogP contribution in [0.25, 0.3) is 0 Å². The number of hydrogen-bond acceptors (Lipinski definition) is 2. The van der Waals surface area contributed by atoms with Crippen LogP contribution >= 0.6 is 0 Å². The number of amides is 2. The molecule has 0 saturated carbocycles. The zero-order chi connectivity index (χ0) is 21.5. The summed E-state index contributed by atoms with van der Waals surface area (Å²) >= 11 is 0. The van der Waals surface area contributed by atoms with Crippen LogP contribution in [0.15, 0.2) is 48.6 Å². The molecule has 2 aromatic carbocycles. The third-order valence-electron chi connectivity index (χ3n) is 5.41. The van der Waals surface area contributed by atoms with Gasteiger partial charge in [-0.1, -0.05) is 18.2 Å². The Morgan fingerprint density at radius 3 is 2.57 bits per heavy atom. The van der Waals surface area contributed by atoms with Gasteiger partial charge < -0.3 is 10.6 Å². The van der Waals surface area contributed by atoms with Gasteiger partial charge in [0.25, 0.3) is 11.8 Å². The highest BCUT2D eigenvalue weighted by Crippen LogP contribution is 2.38. The summed E-state index contributed by atoms with van der Waals surface area (Å²) in [5.41, 5.74) is -0.345. The second-order valence-corrected chi connectivity index (χ2v) is 7.52. The van der Waals surface area contributed by atoms with E-state index in [0.717, 1.165) is 18.9 Å². The van der Waals surface area contributed by atoms with Gasteiger partial charge >= 0.3 is 6.18 Å². The van der Waals surface area contributed by atoms with Crippen LogP contribution in [-0.2, 0) is 6.18 Å². The quantitative estimate of drug-likeness (QED) is 0.527. The number of carbonyl (C=O) groups excluding carboxylic acids is 2. The molecule has 0 fully saturated rings. The minimum atomic E-state index is -4.78. The van der Waals surface area contributed by atoms with Crippen molar-refractivity contribution >= 4 is 17.5 Å². The van der Waals surface area contributed by atoms with Crippen molar-refractivity contribution in [1.82, 2.24) is 5.32 Å². The van der Waals surface area contributed by atoms with Gasteiger partial charge in [-0.2, -0.15) is 13.2 Å². The maximum absolute atomic E-state index is 13.7. The first-order valence-corrected chi connectivity index (χ1v) is 9.50. The van der Waals surface area contributed by atoms with Crippen LogP contribution in [0, 0.1) is 11.7 Å². The number of anilines is 1. The molecule has 2 aromatic rings. The molecule has 2 aliphatic rings. The Kier molecular flexibility index (Phi) is 5.09. The Labute approximate surface area is 170 Å². The zero-order valence-electron chi connectivity index (χ0n) is 15.7. The molecule has 156 valence electrons. The highest BCUT2D eigenvalue weighted by atomic mass is 19.4. The van der Waals surface area contributed by atoms with Gasteiger partial charge in [-0.05, 0) is 55.5 Å². The summed E-state index contributed by atoms with van der Waals surface area (Å²) < 4.78 is 52.5. The summed E-state index contributed by atoms with van der Waals surface area (Å²) in [5, 5.41) is 5.47. The number of halogens is 4. The van der Waals surface area contributed by atoms with Gasteiger partial charge in [-0.15, -0.1) is 0 Å². The fourth-order valence-electron chi connectivity index (χ4n) is 4.01. The number of rotatable bonds is 4. The monoisotopic (exact) mass is 418 g/mol. The molecular formula is C22H18F4N2O2.